The minimum absolute atomic E-state index is 0.0688. The largest absolute Gasteiger partial charge is 0.367 e. The fourth-order valence-electron chi connectivity index (χ4n) is 5.15. The molecule has 1 atom stereocenters. The number of H-pyrrole nitrogens is 1. The van der Waals surface area contributed by atoms with Crippen LogP contribution in [0.4, 0.5) is 0 Å². The summed E-state index contributed by atoms with van der Waals surface area (Å²) in [5.41, 5.74) is 3.47. The molecule has 0 aliphatic carbocycles. The molecule has 0 bridgehead atoms. The fourth-order valence-corrected chi connectivity index (χ4v) is 5.15. The Morgan fingerprint density at radius 2 is 1.95 bits per heavy atom. The van der Waals surface area contributed by atoms with Crippen molar-refractivity contribution in [3.8, 4) is 5.69 Å². The number of piperazine rings is 1. The second-order valence-electron chi connectivity index (χ2n) is 10.2. The molecule has 2 aromatic carbocycles. The maximum absolute atomic E-state index is 13.7. The quantitative estimate of drug-likeness (QED) is 0.317. The highest BCUT2D eigenvalue weighted by molar-refractivity contribution is 5.98. The molecular formula is C29H34N7O2+. The zero-order valence-electron chi connectivity index (χ0n) is 22.4. The van der Waals surface area contributed by atoms with E-state index in [1.807, 2.05) is 63.4 Å². The molecule has 1 saturated heterocycles. The normalized spacial score (nSPS) is 17.7. The van der Waals surface area contributed by atoms with Gasteiger partial charge in [-0.1, -0.05) is 35.9 Å². The van der Waals surface area contributed by atoms with Crippen molar-refractivity contribution in [3.63, 3.8) is 0 Å². The van der Waals surface area contributed by atoms with Gasteiger partial charge in [-0.15, -0.1) is 6.58 Å². The molecule has 196 valence electrons. The number of benzene rings is 2. The predicted molar refractivity (Wildman–Crippen MR) is 145 cm³/mol. The third-order valence-electron chi connectivity index (χ3n) is 7.28. The molecule has 1 aliphatic rings. The Morgan fingerprint density at radius 3 is 2.66 bits per heavy atom. The van der Waals surface area contributed by atoms with E-state index in [-0.39, 0.29) is 11.8 Å². The highest BCUT2D eigenvalue weighted by atomic mass is 16.2. The van der Waals surface area contributed by atoms with Crippen LogP contribution >= 0.6 is 0 Å². The number of carbonyl (C=O) groups is 2. The van der Waals surface area contributed by atoms with E-state index in [1.165, 1.54) is 0 Å². The summed E-state index contributed by atoms with van der Waals surface area (Å²) in [5, 5.41) is 4.57. The highest BCUT2D eigenvalue weighted by Gasteiger charge is 2.43. The van der Waals surface area contributed by atoms with Gasteiger partial charge in [0.25, 0.3) is 5.91 Å². The number of hydrogen-bond donors (Lipinski definition) is 1. The van der Waals surface area contributed by atoms with Crippen LogP contribution in [0, 0.1) is 6.92 Å². The highest BCUT2D eigenvalue weighted by Crippen LogP contribution is 2.27. The molecule has 5 rings (SSSR count). The zero-order valence-corrected chi connectivity index (χ0v) is 22.4. The van der Waals surface area contributed by atoms with E-state index in [2.05, 4.69) is 23.6 Å². The first-order valence-electron chi connectivity index (χ1n) is 13.0. The topological polar surface area (TPSA) is 91.0 Å². The maximum atomic E-state index is 13.7. The molecule has 3 heterocycles. The Morgan fingerprint density at radius 1 is 1.18 bits per heavy atom. The summed E-state index contributed by atoms with van der Waals surface area (Å²) in [5.74, 6) is 0.991. The van der Waals surface area contributed by atoms with Gasteiger partial charge < -0.3 is 14.8 Å². The van der Waals surface area contributed by atoms with Crippen molar-refractivity contribution in [2.24, 2.45) is 7.05 Å². The molecule has 4 aromatic rings. The van der Waals surface area contributed by atoms with Gasteiger partial charge in [0.05, 0.1) is 28.7 Å². The molecule has 2 amide bonds. The van der Waals surface area contributed by atoms with Crippen LogP contribution in [-0.2, 0) is 13.5 Å². The molecule has 9 heteroatoms. The molecule has 9 nitrogen and oxygen atoms in total. The van der Waals surface area contributed by atoms with Gasteiger partial charge in [-0.3, -0.25) is 9.59 Å². The molecular weight excluding hydrogens is 478 g/mol. The number of rotatable bonds is 6. The lowest BCUT2D eigenvalue weighted by Gasteiger charge is -2.46. The smallest absolute Gasteiger partial charge is 0.342 e. The summed E-state index contributed by atoms with van der Waals surface area (Å²) >= 11 is 0. The van der Waals surface area contributed by atoms with Crippen LogP contribution in [0.3, 0.4) is 0 Å². The van der Waals surface area contributed by atoms with E-state index in [4.69, 9.17) is 4.98 Å². The van der Waals surface area contributed by atoms with Crippen molar-refractivity contribution in [2.75, 3.05) is 19.6 Å². The summed E-state index contributed by atoms with van der Waals surface area (Å²) < 4.78 is 3.42. The Labute approximate surface area is 222 Å². The van der Waals surface area contributed by atoms with Gasteiger partial charge in [0.2, 0.25) is 6.33 Å². The Balaban J connectivity index is 1.38. The number of hydrogen-bond acceptors (Lipinski definition) is 4. The standard InChI is InChI=1S/C29H33N7O2/c1-6-11-24-30-23-17-21(16-20(3)25(23)31-24)27(37)34-14-15-35(29(4,7-2)18-34)28(38)26-32-36(19-33(26)5)22-12-9-8-10-13-22/h7-10,12-13,16-17,19H,2,6,11,14-15,18H2,1,3-5H3/p+1. The number of carbonyl (C=O) groups excluding carboxylic acids is 2. The summed E-state index contributed by atoms with van der Waals surface area (Å²) in [6, 6.07) is 13.5. The van der Waals surface area contributed by atoms with Crippen molar-refractivity contribution in [1.29, 1.82) is 0 Å². The van der Waals surface area contributed by atoms with E-state index in [0.717, 1.165) is 41.0 Å². The van der Waals surface area contributed by atoms with Crippen LogP contribution in [0.5, 0.6) is 0 Å². The number of nitrogens with one attached hydrogen (secondary N) is 1. The second kappa shape index (κ2) is 9.89. The molecule has 1 unspecified atom stereocenters. The minimum atomic E-state index is -0.754. The van der Waals surface area contributed by atoms with Crippen LogP contribution in [-0.4, -0.2) is 66.5 Å². The van der Waals surface area contributed by atoms with E-state index in [1.54, 1.807) is 31.5 Å². The first-order valence-corrected chi connectivity index (χ1v) is 13.0. The lowest BCUT2D eigenvalue weighted by atomic mass is 9.95. The summed E-state index contributed by atoms with van der Waals surface area (Å²) in [6.45, 7) is 11.2. The van der Waals surface area contributed by atoms with Gasteiger partial charge >= 0.3 is 11.7 Å². The van der Waals surface area contributed by atoms with Gasteiger partial charge in [0.1, 0.15) is 11.5 Å². The average molecular weight is 513 g/mol. The van der Waals surface area contributed by atoms with Crippen molar-refractivity contribution < 1.29 is 14.2 Å². The third-order valence-corrected chi connectivity index (χ3v) is 7.28. The molecule has 38 heavy (non-hydrogen) atoms. The molecule has 0 spiro atoms. The lowest BCUT2D eigenvalue weighted by molar-refractivity contribution is -0.674. The lowest BCUT2D eigenvalue weighted by Crippen LogP contribution is -2.63. The van der Waals surface area contributed by atoms with E-state index < -0.39 is 5.54 Å². The molecule has 2 aromatic heterocycles. The van der Waals surface area contributed by atoms with Crippen LogP contribution in [0.15, 0.2) is 61.4 Å². The number of para-hydroxylation sites is 1. The number of aryl methyl sites for hydroxylation is 3. The predicted octanol–water partition coefficient (Wildman–Crippen LogP) is 3.38. The van der Waals surface area contributed by atoms with Crippen LogP contribution < -0.4 is 4.57 Å². The van der Waals surface area contributed by atoms with Crippen LogP contribution in [0.2, 0.25) is 0 Å². The van der Waals surface area contributed by atoms with Crippen LogP contribution in [0.1, 0.15) is 52.6 Å². The van der Waals surface area contributed by atoms with E-state index >= 15 is 0 Å². The summed E-state index contributed by atoms with van der Waals surface area (Å²) in [4.78, 5) is 38.9. The Kier molecular flexibility index (Phi) is 6.60. The monoisotopic (exact) mass is 512 g/mol. The van der Waals surface area contributed by atoms with Gasteiger partial charge in [0, 0.05) is 31.6 Å². The first kappa shape index (κ1) is 25.4. The van der Waals surface area contributed by atoms with E-state index in [9.17, 15) is 9.59 Å². The number of imidazole rings is 1. The molecule has 0 radical (unpaired) electrons. The van der Waals surface area contributed by atoms with Crippen LogP contribution in [0.25, 0.3) is 16.7 Å². The molecule has 1 N–H and O–H groups in total. The third kappa shape index (κ3) is 4.49. The Bertz CT molecular complexity index is 1520. The van der Waals surface area contributed by atoms with Gasteiger partial charge in [-0.2, -0.15) is 0 Å². The zero-order chi connectivity index (χ0) is 27.0. The summed E-state index contributed by atoms with van der Waals surface area (Å²) in [7, 11) is 1.81. The second-order valence-corrected chi connectivity index (χ2v) is 10.2. The van der Waals surface area contributed by atoms with Crippen molar-refractivity contribution in [3.05, 3.63) is 84.2 Å². The number of aromatic nitrogens is 5. The average Bonchev–Trinajstić information content (AvgIpc) is 3.52. The number of amides is 2. The first-order chi connectivity index (χ1) is 18.2. The van der Waals surface area contributed by atoms with Crippen molar-refractivity contribution in [1.82, 2.24) is 29.5 Å². The van der Waals surface area contributed by atoms with Gasteiger partial charge in [0.15, 0.2) is 0 Å². The maximum Gasteiger partial charge on any atom is 0.367 e. The number of fused-ring (bicyclic) bond motifs is 1. The Hall–Kier alpha value is -4.27. The number of nitrogens with zero attached hydrogens (tertiary/aromatic N) is 6. The van der Waals surface area contributed by atoms with Gasteiger partial charge in [-0.05, 0) is 50.1 Å². The molecule has 1 fully saturated rings. The van der Waals surface area contributed by atoms with Crippen molar-refractivity contribution >= 4 is 22.8 Å². The molecule has 1 aliphatic heterocycles. The van der Waals surface area contributed by atoms with Crippen molar-refractivity contribution in [2.45, 2.75) is 39.2 Å². The summed E-state index contributed by atoms with van der Waals surface area (Å²) in [6.07, 6.45) is 5.40. The van der Waals surface area contributed by atoms with Gasteiger partial charge in [-0.25, -0.2) is 9.55 Å². The minimum Gasteiger partial charge on any atom is -0.342 e. The molecule has 0 saturated carbocycles. The SMILES string of the molecule is C=CC1(C)CN(C(=O)c2cc(C)c3nc(CCC)[nH]c3c2)CCN1C(=O)c1nn(-c2ccccc2)c[n+]1C. The van der Waals surface area contributed by atoms with E-state index in [0.29, 0.717) is 31.0 Å². The number of aromatic amines is 1. The fraction of sp³-hybridized carbons (Fsp3) is 0.345.